The molecule has 28 nitrogen and oxygen atoms in total. The van der Waals surface area contributed by atoms with Gasteiger partial charge in [-0.3, -0.25) is 38.8 Å². The summed E-state index contributed by atoms with van der Waals surface area (Å²) in [6.45, 7) is 10.1. The van der Waals surface area contributed by atoms with Crippen LogP contribution < -0.4 is 40.9 Å². The van der Waals surface area contributed by atoms with E-state index in [4.69, 9.17) is 56.4 Å². The van der Waals surface area contributed by atoms with Crippen molar-refractivity contribution in [2.24, 2.45) is 5.92 Å². The van der Waals surface area contributed by atoms with E-state index in [1.807, 2.05) is 207 Å². The Labute approximate surface area is 738 Å². The fourth-order valence-electron chi connectivity index (χ4n) is 17.1. The Kier molecular flexibility index (Phi) is 24.4. The van der Waals surface area contributed by atoms with Crippen LogP contribution in [0.5, 0.6) is 0 Å². The summed E-state index contributed by atoms with van der Waals surface area (Å²) in [6.07, 6.45) is 36.3. The molecule has 4 N–H and O–H groups in total. The van der Waals surface area contributed by atoms with Crippen molar-refractivity contribution in [3.8, 4) is 22.7 Å². The third-order valence-electron chi connectivity index (χ3n) is 24.0. The molecule has 12 heterocycles. The maximum atomic E-state index is 12.8. The van der Waals surface area contributed by atoms with Crippen molar-refractivity contribution >= 4 is 117 Å². The lowest BCUT2D eigenvalue weighted by Crippen LogP contribution is -2.44. The van der Waals surface area contributed by atoms with Gasteiger partial charge in [0, 0.05) is 135 Å². The lowest BCUT2D eigenvalue weighted by molar-refractivity contribution is -0.118. The first-order chi connectivity index (χ1) is 60.1. The average Bonchev–Trinajstić information content (AvgIpc) is 1.60. The van der Waals surface area contributed by atoms with Crippen LogP contribution in [0.25, 0.3) is 22.7 Å². The molecular weight excluding hydrogens is 1650 g/mol. The quantitative estimate of drug-likeness (QED) is 0.0490. The minimum Gasteiger partial charge on any atom is -0.346 e. The third kappa shape index (κ3) is 18.9. The van der Waals surface area contributed by atoms with Crippen LogP contribution in [0.1, 0.15) is 190 Å². The van der Waals surface area contributed by atoms with Gasteiger partial charge >= 0.3 is 0 Å². The van der Waals surface area contributed by atoms with Crippen LogP contribution in [0, 0.1) is 5.92 Å². The number of halogens is 4. The molecule has 5 aromatic carbocycles. The van der Waals surface area contributed by atoms with E-state index in [2.05, 4.69) is 97.1 Å². The molecule has 8 aromatic heterocycles. The number of nitrogens with one attached hydrogen (secondary N) is 4. The van der Waals surface area contributed by atoms with Crippen LogP contribution >= 0.6 is 46.4 Å². The van der Waals surface area contributed by atoms with E-state index in [0.717, 1.165) is 102 Å². The molecule has 32 heteroatoms. The highest BCUT2D eigenvalue weighted by molar-refractivity contribution is 6.31. The fraction of sp³-hybridized carbons (Fsp3) is 0.326. The monoisotopic (exact) mass is 1740 g/mol. The Morgan fingerprint density at radius 3 is 1.23 bits per heavy atom. The van der Waals surface area contributed by atoms with Crippen LogP contribution in [0.15, 0.2) is 227 Å². The standard InChI is InChI=1S/C26H23ClN6O.C23H25ClN6O.C22H23ClN6O.C21H23ClN6O/c27-19-6-8-20(9-7-19)32-16-22(29-17-32)26(13-14-26)31-25-28-15-12-23(30-25)33-21(10-11-24(33)34)18-4-2-1-3-5-18;1-16(19-14-29(15-26-19)18-6-4-17(24)5-7-18)27-22-25-13-9-20(28-22)30-21(31)8-12-23(30)10-2-3-11-23;1-14(18-12-28(13-25-18)17-6-4-16(23)5-7-17)26-22-24-11-10-20(27-22)29-19(15-2-3-15)8-9-21(29)30;1-14(17-12-27(13-24-17)16-6-4-15(22)5-7-16)25-20-23-11-9-18(26-20)28-19(29)8-10-21(28,2)3/h1-9,12,15-17,21H,10-11,13-14H2,(H,28,30,31);4-7,9,13-16H,2-3,8,10-12H2,1H3,(H,25,27,28);4-7,10-15,19H,2-3,8-9H2,1H3,(H,24,26,27);4-7,9,11-14H,8,10H2,1-3H3,(H,23,25,26)/t21-;16-;14-,19+;14-/m1000/s1. The number of anilines is 8. The van der Waals surface area contributed by atoms with Crippen LogP contribution in [0.4, 0.5) is 47.1 Å². The zero-order chi connectivity index (χ0) is 85.8. The zero-order valence-corrected chi connectivity index (χ0v) is 72.3. The van der Waals surface area contributed by atoms with Gasteiger partial charge in [0.1, 0.15) is 23.3 Å². The molecule has 5 atom stereocenters. The van der Waals surface area contributed by atoms with Crippen molar-refractivity contribution in [2.75, 3.05) is 40.9 Å². The molecule has 0 unspecified atom stereocenters. The van der Waals surface area contributed by atoms with E-state index >= 15 is 0 Å². The summed E-state index contributed by atoms with van der Waals surface area (Å²) in [5.74, 6) is 5.71. The van der Waals surface area contributed by atoms with E-state index in [0.29, 0.717) is 98.8 Å². The maximum Gasteiger partial charge on any atom is 0.228 e. The molecule has 4 amide bonds. The molecule has 4 aliphatic heterocycles. The molecule has 13 aromatic rings. The molecule has 4 saturated heterocycles. The van der Waals surface area contributed by atoms with Gasteiger partial charge in [0.05, 0.1) is 77.8 Å². The van der Waals surface area contributed by atoms with Crippen molar-refractivity contribution in [3.05, 3.63) is 275 Å². The first kappa shape index (κ1) is 83.7. The lowest BCUT2D eigenvalue weighted by Gasteiger charge is -2.34. The highest BCUT2D eigenvalue weighted by Crippen LogP contribution is 2.49. The zero-order valence-electron chi connectivity index (χ0n) is 69.2. The van der Waals surface area contributed by atoms with E-state index in [-0.39, 0.29) is 70.5 Å². The van der Waals surface area contributed by atoms with Crippen molar-refractivity contribution in [3.63, 3.8) is 0 Å². The third-order valence-corrected chi connectivity index (χ3v) is 25.1. The van der Waals surface area contributed by atoms with Gasteiger partial charge in [-0.15, -0.1) is 0 Å². The topological polar surface area (TPSA) is 304 Å². The summed E-state index contributed by atoms with van der Waals surface area (Å²) in [6, 6.07) is 47.8. The Balaban J connectivity index is 0.000000117. The van der Waals surface area contributed by atoms with Gasteiger partial charge in [0.15, 0.2) is 0 Å². The van der Waals surface area contributed by atoms with Crippen LogP contribution in [0.2, 0.25) is 20.1 Å². The van der Waals surface area contributed by atoms with Gasteiger partial charge < -0.3 is 39.5 Å². The number of amides is 4. The van der Waals surface area contributed by atoms with Crippen molar-refractivity contribution in [1.82, 2.24) is 78.1 Å². The second kappa shape index (κ2) is 36.1. The first-order valence-electron chi connectivity index (χ1n) is 42.0. The second-order valence-electron chi connectivity index (χ2n) is 33.1. The molecule has 1 spiro atoms. The molecule has 3 aliphatic carbocycles. The molecular formula is C92H94Cl4N24O4. The molecule has 634 valence electrons. The molecule has 20 rings (SSSR count). The minimum absolute atomic E-state index is 0.0126. The Morgan fingerprint density at radius 1 is 0.379 bits per heavy atom. The van der Waals surface area contributed by atoms with E-state index in [9.17, 15) is 19.2 Å². The summed E-state index contributed by atoms with van der Waals surface area (Å²) < 4.78 is 7.82. The summed E-state index contributed by atoms with van der Waals surface area (Å²) in [5, 5.41) is 16.2. The Hall–Kier alpha value is -12.5. The summed E-state index contributed by atoms with van der Waals surface area (Å²) >= 11 is 23.9. The van der Waals surface area contributed by atoms with Crippen LogP contribution in [-0.4, -0.2) is 119 Å². The average molecular weight is 1740 g/mol. The smallest absolute Gasteiger partial charge is 0.228 e. The fourth-order valence-corrected chi connectivity index (χ4v) is 17.6. The Morgan fingerprint density at radius 2 is 0.774 bits per heavy atom. The second-order valence-corrected chi connectivity index (χ2v) is 34.8. The van der Waals surface area contributed by atoms with Gasteiger partial charge in [0.25, 0.3) is 0 Å². The summed E-state index contributed by atoms with van der Waals surface area (Å²) in [7, 11) is 0. The van der Waals surface area contributed by atoms with Crippen molar-refractivity contribution < 1.29 is 19.2 Å². The molecule has 3 saturated carbocycles. The van der Waals surface area contributed by atoms with E-state index < -0.39 is 0 Å². The molecule has 0 bridgehead atoms. The number of rotatable bonds is 22. The van der Waals surface area contributed by atoms with Crippen molar-refractivity contribution in [2.45, 2.75) is 184 Å². The number of carbonyl (C=O) groups excluding carboxylic acids is 4. The SMILES string of the molecule is C[C@H](Nc1nccc(N2C(=O)CCC2(C)C)n1)c1cn(-c2ccc(Cl)cc2)cn1.C[C@H](Nc1nccc(N2C(=O)CCC23CCCC3)n1)c1cn(-c2ccc(Cl)cc2)cn1.C[C@H](Nc1nccc(N2C(=O)CC[C@@H]2C2CC2)n1)c1cn(-c2ccc(Cl)cc2)cn1.O=C1CC[C@H](c2ccccc2)N1c1ccnc(NC2(c3cn(-c4ccc(Cl)cc4)cn3)CC2)n1. The lowest BCUT2D eigenvalue weighted by atomic mass is 9.94. The number of imidazole rings is 4. The van der Waals surface area contributed by atoms with Crippen molar-refractivity contribution in [1.29, 1.82) is 0 Å². The largest absolute Gasteiger partial charge is 0.346 e. The number of nitrogens with zero attached hydrogens (tertiary/aromatic N) is 20. The molecule has 124 heavy (non-hydrogen) atoms. The van der Waals surface area contributed by atoms with E-state index in [1.165, 1.54) is 25.7 Å². The van der Waals surface area contributed by atoms with E-state index in [1.54, 1.807) is 65.7 Å². The number of hydrogen-bond donors (Lipinski definition) is 4. The van der Waals surface area contributed by atoms with Crippen LogP contribution in [0.3, 0.4) is 0 Å². The van der Waals surface area contributed by atoms with Gasteiger partial charge in [-0.1, -0.05) is 89.6 Å². The molecule has 7 aliphatic rings. The number of aromatic nitrogens is 16. The van der Waals surface area contributed by atoms with Crippen LogP contribution in [-0.2, 0) is 24.7 Å². The van der Waals surface area contributed by atoms with Gasteiger partial charge in [-0.2, -0.15) is 19.9 Å². The first-order valence-corrected chi connectivity index (χ1v) is 43.5. The predicted octanol–water partition coefficient (Wildman–Crippen LogP) is 19.0. The normalized spacial score (nSPS) is 18.6. The predicted molar refractivity (Wildman–Crippen MR) is 481 cm³/mol. The highest BCUT2D eigenvalue weighted by Gasteiger charge is 2.50. The summed E-state index contributed by atoms with van der Waals surface area (Å²) in [5.41, 5.74) is 8.01. The van der Waals surface area contributed by atoms with Gasteiger partial charge in [0.2, 0.25) is 47.4 Å². The summed E-state index contributed by atoms with van der Waals surface area (Å²) in [4.78, 5) is 112. The number of benzene rings is 5. The molecule has 7 fully saturated rings. The van der Waals surface area contributed by atoms with Gasteiger partial charge in [-0.25, -0.2) is 39.9 Å². The number of carbonyl (C=O) groups is 4. The number of hydrogen-bond acceptors (Lipinski definition) is 20. The molecule has 0 radical (unpaired) electrons. The maximum absolute atomic E-state index is 12.8. The highest BCUT2D eigenvalue weighted by atomic mass is 35.5. The minimum atomic E-state index is -0.301. The van der Waals surface area contributed by atoms with Gasteiger partial charge in [-0.05, 0) is 232 Å². The Bertz CT molecular complexity index is 5950.